The molecule has 0 atom stereocenters. The van der Waals surface area contributed by atoms with Gasteiger partial charge in [0.2, 0.25) is 0 Å². The molecule has 1 rings (SSSR count). The molecule has 0 spiro atoms. The normalized spacial score (nSPS) is 10.9. The smallest absolute Gasteiger partial charge is 0.199 e. The molecule has 0 aromatic heterocycles. The summed E-state index contributed by atoms with van der Waals surface area (Å²) in [6.07, 6.45) is 0. The van der Waals surface area contributed by atoms with E-state index >= 15 is 0 Å². The summed E-state index contributed by atoms with van der Waals surface area (Å²) in [6, 6.07) is 6.58. The van der Waals surface area contributed by atoms with E-state index in [1.54, 1.807) is 24.3 Å². The van der Waals surface area contributed by atoms with E-state index in [1.165, 1.54) is 0 Å². The second kappa shape index (κ2) is 3.80. The Bertz CT molecular complexity index is 453. The lowest BCUT2D eigenvalue weighted by Gasteiger charge is -2.01. The first-order valence-electron chi connectivity index (χ1n) is 4.11. The number of sulfone groups is 1. The van der Waals surface area contributed by atoms with E-state index in [4.69, 9.17) is 0 Å². The van der Waals surface area contributed by atoms with Gasteiger partial charge in [-0.2, -0.15) is 0 Å². The topological polar surface area (TPSA) is 34.1 Å². The summed E-state index contributed by atoms with van der Waals surface area (Å²) in [5.41, 5.74) is 1.85. The Morgan fingerprint density at radius 3 is 2.14 bits per heavy atom. The highest BCUT2D eigenvalue weighted by atomic mass is 32.2. The molecule has 2 nitrogen and oxygen atoms in total. The highest BCUT2D eigenvalue weighted by molar-refractivity contribution is 7.94. The van der Waals surface area contributed by atoms with Crippen LogP contribution in [0.15, 0.2) is 47.7 Å². The van der Waals surface area contributed by atoms with Crippen molar-refractivity contribution in [2.24, 2.45) is 0 Å². The van der Waals surface area contributed by atoms with Crippen LogP contribution in [0.1, 0.15) is 12.5 Å². The van der Waals surface area contributed by atoms with Crippen molar-refractivity contribution in [1.29, 1.82) is 0 Å². The van der Waals surface area contributed by atoms with Crippen LogP contribution >= 0.6 is 0 Å². The average molecular weight is 208 g/mol. The zero-order valence-corrected chi connectivity index (χ0v) is 8.84. The SMILES string of the molecule is C=CS(=O)(=O)c1ccc(C(=C)C)cc1. The minimum absolute atomic E-state index is 0.262. The predicted molar refractivity (Wildman–Crippen MR) is 58.5 cm³/mol. The Hall–Kier alpha value is -1.35. The maximum atomic E-state index is 11.3. The van der Waals surface area contributed by atoms with Crippen molar-refractivity contribution < 1.29 is 8.42 Å². The molecular weight excluding hydrogens is 196 g/mol. The molecule has 0 aliphatic carbocycles. The molecule has 0 saturated carbocycles. The van der Waals surface area contributed by atoms with Gasteiger partial charge in [0.1, 0.15) is 0 Å². The zero-order chi connectivity index (χ0) is 10.8. The van der Waals surface area contributed by atoms with Crippen LogP contribution in [0, 0.1) is 0 Å². The number of allylic oxidation sites excluding steroid dienone is 1. The molecule has 0 aliphatic heterocycles. The first-order chi connectivity index (χ1) is 6.47. The first-order valence-corrected chi connectivity index (χ1v) is 5.65. The van der Waals surface area contributed by atoms with Crippen LogP contribution in [-0.2, 0) is 9.84 Å². The molecule has 0 N–H and O–H groups in total. The van der Waals surface area contributed by atoms with Gasteiger partial charge in [-0.05, 0) is 24.6 Å². The maximum absolute atomic E-state index is 11.3. The Labute approximate surface area is 84.5 Å². The second-order valence-electron chi connectivity index (χ2n) is 3.02. The number of rotatable bonds is 3. The highest BCUT2D eigenvalue weighted by Gasteiger charge is 2.08. The van der Waals surface area contributed by atoms with Crippen molar-refractivity contribution in [3.8, 4) is 0 Å². The summed E-state index contributed by atoms with van der Waals surface area (Å²) < 4.78 is 22.7. The highest BCUT2D eigenvalue weighted by Crippen LogP contribution is 2.16. The van der Waals surface area contributed by atoms with E-state index in [9.17, 15) is 8.42 Å². The molecule has 0 heterocycles. The molecule has 14 heavy (non-hydrogen) atoms. The zero-order valence-electron chi connectivity index (χ0n) is 8.03. The molecule has 0 fully saturated rings. The first kappa shape index (κ1) is 10.7. The van der Waals surface area contributed by atoms with Gasteiger partial charge >= 0.3 is 0 Å². The van der Waals surface area contributed by atoms with Gasteiger partial charge in [-0.15, -0.1) is 0 Å². The molecule has 74 valence electrons. The van der Waals surface area contributed by atoms with Crippen molar-refractivity contribution in [2.75, 3.05) is 0 Å². The molecular formula is C11H12O2S. The maximum Gasteiger partial charge on any atom is 0.199 e. The lowest BCUT2D eigenvalue weighted by molar-refractivity contribution is 0.604. The molecule has 0 aliphatic rings. The fourth-order valence-corrected chi connectivity index (χ4v) is 1.73. The van der Waals surface area contributed by atoms with Crippen LogP contribution in [-0.4, -0.2) is 8.42 Å². The van der Waals surface area contributed by atoms with Crippen molar-refractivity contribution >= 4 is 15.4 Å². The molecule has 1 aromatic carbocycles. The number of benzene rings is 1. The van der Waals surface area contributed by atoms with Crippen LogP contribution in [0.5, 0.6) is 0 Å². The van der Waals surface area contributed by atoms with E-state index in [0.717, 1.165) is 16.5 Å². The Morgan fingerprint density at radius 1 is 1.29 bits per heavy atom. The number of hydrogen-bond acceptors (Lipinski definition) is 2. The average Bonchev–Trinajstić information content (AvgIpc) is 2.18. The molecule has 0 amide bonds. The Morgan fingerprint density at radius 2 is 1.79 bits per heavy atom. The lowest BCUT2D eigenvalue weighted by atomic mass is 10.1. The third-order valence-electron chi connectivity index (χ3n) is 1.90. The van der Waals surface area contributed by atoms with E-state index in [0.29, 0.717) is 0 Å². The minimum Gasteiger partial charge on any atom is -0.219 e. The van der Waals surface area contributed by atoms with Gasteiger partial charge in [-0.1, -0.05) is 30.9 Å². The standard InChI is InChI=1S/C11H12O2S/c1-4-14(12,13)11-7-5-10(6-8-11)9(2)3/h4-8H,1-2H2,3H3. The summed E-state index contributed by atoms with van der Waals surface area (Å²) in [5, 5.41) is 0.947. The van der Waals surface area contributed by atoms with Gasteiger partial charge in [0.15, 0.2) is 9.84 Å². The molecule has 0 radical (unpaired) electrons. The molecule has 0 bridgehead atoms. The quantitative estimate of drug-likeness (QED) is 0.765. The van der Waals surface area contributed by atoms with E-state index in [-0.39, 0.29) is 4.90 Å². The van der Waals surface area contributed by atoms with E-state index < -0.39 is 9.84 Å². The van der Waals surface area contributed by atoms with Crippen LogP contribution in [0.2, 0.25) is 0 Å². The van der Waals surface area contributed by atoms with Crippen LogP contribution in [0.4, 0.5) is 0 Å². The second-order valence-corrected chi connectivity index (χ2v) is 4.91. The lowest BCUT2D eigenvalue weighted by Crippen LogP contribution is -1.95. The summed E-state index contributed by atoms with van der Waals surface area (Å²) >= 11 is 0. The van der Waals surface area contributed by atoms with Gasteiger partial charge in [0.05, 0.1) is 4.90 Å². The number of hydrogen-bond donors (Lipinski definition) is 0. The van der Waals surface area contributed by atoms with Gasteiger partial charge in [0, 0.05) is 5.41 Å². The summed E-state index contributed by atoms with van der Waals surface area (Å²) in [5.74, 6) is 0. The molecule has 0 unspecified atom stereocenters. The van der Waals surface area contributed by atoms with Crippen LogP contribution in [0.3, 0.4) is 0 Å². The predicted octanol–water partition coefficient (Wildman–Crippen LogP) is 2.64. The monoisotopic (exact) mass is 208 g/mol. The van der Waals surface area contributed by atoms with Gasteiger partial charge < -0.3 is 0 Å². The van der Waals surface area contributed by atoms with Gasteiger partial charge in [0.25, 0.3) is 0 Å². The van der Waals surface area contributed by atoms with Crippen molar-refractivity contribution in [2.45, 2.75) is 11.8 Å². The summed E-state index contributed by atoms with van der Waals surface area (Å²) in [4.78, 5) is 0.262. The molecule has 1 aromatic rings. The van der Waals surface area contributed by atoms with Crippen molar-refractivity contribution in [3.63, 3.8) is 0 Å². The fraction of sp³-hybridized carbons (Fsp3) is 0.0909. The fourth-order valence-electron chi connectivity index (χ4n) is 1.03. The van der Waals surface area contributed by atoms with Crippen LogP contribution < -0.4 is 0 Å². The largest absolute Gasteiger partial charge is 0.219 e. The van der Waals surface area contributed by atoms with E-state index in [2.05, 4.69) is 13.2 Å². The Kier molecular flexibility index (Phi) is 2.91. The summed E-state index contributed by atoms with van der Waals surface area (Å²) in [7, 11) is -3.31. The van der Waals surface area contributed by atoms with Crippen molar-refractivity contribution in [1.82, 2.24) is 0 Å². The third-order valence-corrected chi connectivity index (χ3v) is 3.26. The van der Waals surface area contributed by atoms with Crippen molar-refractivity contribution in [3.05, 3.63) is 48.4 Å². The third kappa shape index (κ3) is 2.12. The minimum atomic E-state index is -3.31. The van der Waals surface area contributed by atoms with Crippen LogP contribution in [0.25, 0.3) is 5.57 Å². The van der Waals surface area contributed by atoms with Gasteiger partial charge in [-0.3, -0.25) is 0 Å². The molecule has 3 heteroatoms. The summed E-state index contributed by atoms with van der Waals surface area (Å²) in [6.45, 7) is 8.90. The Balaban J connectivity index is 3.19. The van der Waals surface area contributed by atoms with E-state index in [1.807, 2.05) is 6.92 Å². The molecule has 0 saturated heterocycles. The van der Waals surface area contributed by atoms with Gasteiger partial charge in [-0.25, -0.2) is 8.42 Å².